The summed E-state index contributed by atoms with van der Waals surface area (Å²) in [5.74, 6) is -0.826. The number of fused-ring (bicyclic) bond motifs is 1. The van der Waals surface area contributed by atoms with Gasteiger partial charge < -0.3 is 5.11 Å². The van der Waals surface area contributed by atoms with Gasteiger partial charge in [0.1, 0.15) is 0 Å². The quantitative estimate of drug-likeness (QED) is 0.641. The van der Waals surface area contributed by atoms with Gasteiger partial charge in [-0.3, -0.25) is 14.8 Å². The molecule has 1 atom stereocenters. The van der Waals surface area contributed by atoms with E-state index in [1.807, 2.05) is 11.9 Å². The van der Waals surface area contributed by atoms with Gasteiger partial charge in [-0.2, -0.15) is 5.10 Å². The number of hydrogen-bond acceptors (Lipinski definition) is 3. The van der Waals surface area contributed by atoms with Crippen LogP contribution >= 0.6 is 0 Å². The molecule has 0 spiro atoms. The normalized spacial score (nSPS) is 22.7. The predicted octanol–water partition coefficient (Wildman–Crippen LogP) is 0.0233. The van der Waals surface area contributed by atoms with Gasteiger partial charge in [-0.15, -0.1) is 0 Å². The van der Waals surface area contributed by atoms with Gasteiger partial charge in [0.25, 0.3) is 0 Å². The van der Waals surface area contributed by atoms with Gasteiger partial charge >= 0.3 is 5.97 Å². The highest BCUT2D eigenvalue weighted by Gasteiger charge is 2.31. The predicted molar refractivity (Wildman–Crippen MR) is 45.3 cm³/mol. The van der Waals surface area contributed by atoms with Crippen LogP contribution in [0.1, 0.15) is 17.3 Å². The number of rotatable bonds is 1. The summed E-state index contributed by atoms with van der Waals surface area (Å²) >= 11 is 0. The maximum absolute atomic E-state index is 10.9. The lowest BCUT2D eigenvalue weighted by Crippen LogP contribution is -2.36. The molecule has 2 N–H and O–H groups in total. The second-order valence-electron chi connectivity index (χ2n) is 3.28. The first kappa shape index (κ1) is 8.25. The molecule has 0 saturated carbocycles. The van der Waals surface area contributed by atoms with E-state index in [-0.39, 0.29) is 0 Å². The molecule has 0 aromatic carbocycles. The largest absolute Gasteiger partial charge is 0.480 e. The van der Waals surface area contributed by atoms with E-state index in [2.05, 4.69) is 10.2 Å². The summed E-state index contributed by atoms with van der Waals surface area (Å²) in [5.41, 5.74) is 1.74. The molecule has 0 saturated heterocycles. The molecule has 5 heteroatoms. The summed E-state index contributed by atoms with van der Waals surface area (Å²) in [6.45, 7) is 0.767. The van der Waals surface area contributed by atoms with Crippen LogP contribution in [0.3, 0.4) is 0 Å². The molecule has 13 heavy (non-hydrogen) atoms. The van der Waals surface area contributed by atoms with Gasteiger partial charge in [-0.1, -0.05) is 0 Å². The summed E-state index contributed by atoms with van der Waals surface area (Å²) in [4.78, 5) is 12.7. The summed E-state index contributed by atoms with van der Waals surface area (Å²) in [6, 6.07) is -0.564. The van der Waals surface area contributed by atoms with E-state index >= 15 is 0 Å². The van der Waals surface area contributed by atoms with Crippen LogP contribution < -0.4 is 0 Å². The number of aliphatic carboxylic acids is 1. The zero-order valence-electron chi connectivity index (χ0n) is 7.32. The van der Waals surface area contributed by atoms with Crippen LogP contribution in [0.5, 0.6) is 0 Å². The smallest absolute Gasteiger partial charge is 0.327 e. The van der Waals surface area contributed by atoms with Crippen molar-refractivity contribution in [3.8, 4) is 0 Å². The average Bonchev–Trinajstić information content (AvgIpc) is 2.50. The average molecular weight is 181 g/mol. The SMILES string of the molecule is CN1CCc2cn[nH]c2C1C(=O)O. The van der Waals surface area contributed by atoms with E-state index in [9.17, 15) is 4.79 Å². The Morgan fingerprint density at radius 1 is 1.85 bits per heavy atom. The van der Waals surface area contributed by atoms with E-state index in [0.29, 0.717) is 0 Å². The van der Waals surface area contributed by atoms with Crippen LogP contribution in [0.25, 0.3) is 0 Å². The van der Waals surface area contributed by atoms with E-state index in [1.54, 1.807) is 6.20 Å². The first-order valence-corrected chi connectivity index (χ1v) is 4.15. The van der Waals surface area contributed by atoms with Crippen LogP contribution in [0.15, 0.2) is 6.20 Å². The van der Waals surface area contributed by atoms with Crippen molar-refractivity contribution in [2.75, 3.05) is 13.6 Å². The van der Waals surface area contributed by atoms with Gasteiger partial charge in [0.2, 0.25) is 0 Å². The summed E-state index contributed by atoms with van der Waals surface area (Å²) < 4.78 is 0. The van der Waals surface area contributed by atoms with E-state index < -0.39 is 12.0 Å². The first-order chi connectivity index (χ1) is 6.20. The molecule has 2 heterocycles. The molecule has 70 valence electrons. The fourth-order valence-corrected chi connectivity index (χ4v) is 1.72. The first-order valence-electron chi connectivity index (χ1n) is 4.15. The highest BCUT2D eigenvalue weighted by molar-refractivity contribution is 5.75. The number of carbonyl (C=O) groups is 1. The number of aromatic nitrogens is 2. The second-order valence-corrected chi connectivity index (χ2v) is 3.28. The molecule has 1 aliphatic rings. The minimum Gasteiger partial charge on any atom is -0.480 e. The number of carboxylic acids is 1. The van der Waals surface area contributed by atoms with E-state index in [0.717, 1.165) is 24.2 Å². The van der Waals surface area contributed by atoms with Crippen LogP contribution in [0.2, 0.25) is 0 Å². The monoisotopic (exact) mass is 181 g/mol. The van der Waals surface area contributed by atoms with Gasteiger partial charge in [-0.05, 0) is 19.0 Å². The lowest BCUT2D eigenvalue weighted by Gasteiger charge is -2.28. The lowest BCUT2D eigenvalue weighted by atomic mass is 10.0. The number of likely N-dealkylation sites (N-methyl/N-ethyl adjacent to an activating group) is 1. The minimum absolute atomic E-state index is 0.564. The molecule has 0 amide bonds. The number of hydrogen-bond donors (Lipinski definition) is 2. The van der Waals surface area contributed by atoms with Gasteiger partial charge in [0.05, 0.1) is 11.9 Å². The van der Waals surface area contributed by atoms with Crippen molar-refractivity contribution in [2.24, 2.45) is 0 Å². The summed E-state index contributed by atoms with van der Waals surface area (Å²) in [5, 5.41) is 15.6. The van der Waals surface area contributed by atoms with Crippen molar-refractivity contribution in [3.63, 3.8) is 0 Å². The van der Waals surface area contributed by atoms with Crippen LogP contribution in [-0.2, 0) is 11.2 Å². The summed E-state index contributed by atoms with van der Waals surface area (Å²) in [7, 11) is 1.81. The number of carboxylic acid groups (broad SMARTS) is 1. The Labute approximate surface area is 75.4 Å². The maximum Gasteiger partial charge on any atom is 0.327 e. The third-order valence-corrected chi connectivity index (χ3v) is 2.43. The Morgan fingerprint density at radius 2 is 2.62 bits per heavy atom. The number of nitrogens with zero attached hydrogens (tertiary/aromatic N) is 2. The van der Waals surface area contributed by atoms with Crippen molar-refractivity contribution >= 4 is 5.97 Å². The van der Waals surface area contributed by atoms with E-state index in [4.69, 9.17) is 5.11 Å². The molecular formula is C8H11N3O2. The Morgan fingerprint density at radius 3 is 3.31 bits per heavy atom. The Kier molecular flexibility index (Phi) is 1.81. The summed E-state index contributed by atoms with van der Waals surface area (Å²) in [6.07, 6.45) is 2.57. The van der Waals surface area contributed by atoms with Crippen molar-refractivity contribution in [3.05, 3.63) is 17.5 Å². The van der Waals surface area contributed by atoms with Crippen LogP contribution in [0, 0.1) is 0 Å². The number of nitrogens with one attached hydrogen (secondary N) is 1. The Balaban J connectivity index is 2.41. The highest BCUT2D eigenvalue weighted by atomic mass is 16.4. The van der Waals surface area contributed by atoms with Crippen molar-refractivity contribution in [1.82, 2.24) is 15.1 Å². The zero-order valence-corrected chi connectivity index (χ0v) is 7.32. The van der Waals surface area contributed by atoms with Crippen LogP contribution in [-0.4, -0.2) is 39.8 Å². The van der Waals surface area contributed by atoms with Gasteiger partial charge in [-0.25, -0.2) is 0 Å². The maximum atomic E-state index is 10.9. The molecule has 0 radical (unpaired) electrons. The molecule has 1 unspecified atom stereocenters. The zero-order chi connectivity index (χ0) is 9.42. The Hall–Kier alpha value is -1.36. The van der Waals surface area contributed by atoms with Gasteiger partial charge in [0, 0.05) is 6.54 Å². The molecule has 0 fully saturated rings. The second kappa shape index (κ2) is 2.85. The van der Waals surface area contributed by atoms with Crippen LogP contribution in [0.4, 0.5) is 0 Å². The molecule has 2 rings (SSSR count). The van der Waals surface area contributed by atoms with Crippen molar-refractivity contribution in [1.29, 1.82) is 0 Å². The highest BCUT2D eigenvalue weighted by Crippen LogP contribution is 2.26. The number of H-pyrrole nitrogens is 1. The molecule has 1 aliphatic heterocycles. The third kappa shape index (κ3) is 1.21. The lowest BCUT2D eigenvalue weighted by molar-refractivity contribution is -0.143. The standard InChI is InChI=1S/C8H11N3O2/c1-11-3-2-5-4-9-10-6(5)7(11)8(12)13/h4,7H,2-3H2,1H3,(H,9,10)(H,12,13). The number of aromatic amines is 1. The fourth-order valence-electron chi connectivity index (χ4n) is 1.72. The van der Waals surface area contributed by atoms with E-state index in [1.165, 1.54) is 0 Å². The molecule has 1 aromatic rings. The molecule has 0 aliphatic carbocycles. The van der Waals surface area contributed by atoms with Crippen molar-refractivity contribution in [2.45, 2.75) is 12.5 Å². The molecular weight excluding hydrogens is 170 g/mol. The molecule has 1 aromatic heterocycles. The van der Waals surface area contributed by atoms with Crippen molar-refractivity contribution < 1.29 is 9.90 Å². The Bertz CT molecular complexity index is 334. The van der Waals surface area contributed by atoms with Gasteiger partial charge in [0.15, 0.2) is 6.04 Å². The topological polar surface area (TPSA) is 69.2 Å². The fraction of sp³-hybridized carbons (Fsp3) is 0.500. The minimum atomic E-state index is -0.826. The molecule has 0 bridgehead atoms. The molecule has 5 nitrogen and oxygen atoms in total. The third-order valence-electron chi connectivity index (χ3n) is 2.43.